The van der Waals surface area contributed by atoms with Gasteiger partial charge in [-0.15, -0.1) is 5.10 Å². The Morgan fingerprint density at radius 3 is 2.57 bits per heavy atom. The standard InChI is InChI=1S/C16H12N4O/c17-10-13(12-6-2-1-3-7-12)11-20-16(21)14-8-4-5-9-15(14)18-19-20/h1-9,13H,11H2. The molecule has 0 amide bonds. The molecular weight excluding hydrogens is 264 g/mol. The lowest BCUT2D eigenvalue weighted by atomic mass is 10.0. The third-order valence-corrected chi connectivity index (χ3v) is 3.34. The first-order chi connectivity index (χ1) is 10.3. The van der Waals surface area contributed by atoms with Crippen LogP contribution in [0.4, 0.5) is 0 Å². The lowest BCUT2D eigenvalue weighted by molar-refractivity contribution is 0.524. The first kappa shape index (κ1) is 13.0. The summed E-state index contributed by atoms with van der Waals surface area (Å²) in [5.74, 6) is -0.431. The zero-order chi connectivity index (χ0) is 14.7. The van der Waals surface area contributed by atoms with Crippen LogP contribution < -0.4 is 5.56 Å². The van der Waals surface area contributed by atoms with E-state index in [4.69, 9.17) is 0 Å². The maximum absolute atomic E-state index is 12.4. The van der Waals surface area contributed by atoms with Crippen LogP contribution in [0.3, 0.4) is 0 Å². The summed E-state index contributed by atoms with van der Waals surface area (Å²) in [5.41, 5.74) is 1.20. The predicted molar refractivity (Wildman–Crippen MR) is 78.6 cm³/mol. The Morgan fingerprint density at radius 2 is 1.81 bits per heavy atom. The minimum Gasteiger partial charge on any atom is -0.267 e. The summed E-state index contributed by atoms with van der Waals surface area (Å²) in [6.07, 6.45) is 0. The normalized spacial score (nSPS) is 12.0. The third-order valence-electron chi connectivity index (χ3n) is 3.34. The van der Waals surface area contributed by atoms with Crippen molar-refractivity contribution in [2.45, 2.75) is 12.5 Å². The summed E-state index contributed by atoms with van der Waals surface area (Å²) < 4.78 is 1.25. The fourth-order valence-electron chi connectivity index (χ4n) is 2.22. The van der Waals surface area contributed by atoms with Crippen molar-refractivity contribution in [3.63, 3.8) is 0 Å². The number of nitrogens with zero attached hydrogens (tertiary/aromatic N) is 4. The van der Waals surface area contributed by atoms with Crippen molar-refractivity contribution in [3.05, 3.63) is 70.5 Å². The van der Waals surface area contributed by atoms with Gasteiger partial charge in [-0.2, -0.15) is 5.26 Å². The molecule has 21 heavy (non-hydrogen) atoms. The molecule has 2 aromatic carbocycles. The predicted octanol–water partition coefficient (Wildman–Crippen LogP) is 2.10. The number of hydrogen-bond donors (Lipinski definition) is 0. The van der Waals surface area contributed by atoms with E-state index >= 15 is 0 Å². The quantitative estimate of drug-likeness (QED) is 0.734. The molecule has 3 aromatic rings. The van der Waals surface area contributed by atoms with Crippen molar-refractivity contribution in [2.75, 3.05) is 0 Å². The average molecular weight is 276 g/mol. The van der Waals surface area contributed by atoms with Crippen molar-refractivity contribution in [1.29, 1.82) is 5.26 Å². The average Bonchev–Trinajstić information content (AvgIpc) is 2.55. The third kappa shape index (κ3) is 2.51. The van der Waals surface area contributed by atoms with Gasteiger partial charge in [-0.3, -0.25) is 4.79 Å². The molecular formula is C16H12N4O. The Hall–Kier alpha value is -3.00. The van der Waals surface area contributed by atoms with Crippen LogP contribution in [0.25, 0.3) is 10.9 Å². The Labute approximate surface area is 121 Å². The first-order valence-corrected chi connectivity index (χ1v) is 6.56. The van der Waals surface area contributed by atoms with E-state index in [1.165, 1.54) is 4.68 Å². The maximum atomic E-state index is 12.4. The zero-order valence-electron chi connectivity index (χ0n) is 11.2. The van der Waals surface area contributed by atoms with Crippen LogP contribution in [0.15, 0.2) is 59.4 Å². The zero-order valence-corrected chi connectivity index (χ0v) is 11.2. The van der Waals surface area contributed by atoms with Gasteiger partial charge in [0.2, 0.25) is 0 Å². The van der Waals surface area contributed by atoms with E-state index in [-0.39, 0.29) is 12.1 Å². The molecule has 0 aliphatic rings. The van der Waals surface area contributed by atoms with Crippen molar-refractivity contribution < 1.29 is 0 Å². The van der Waals surface area contributed by atoms with Gasteiger partial charge in [0.25, 0.3) is 5.56 Å². The SMILES string of the molecule is N#CC(Cn1nnc2ccccc2c1=O)c1ccccc1. The van der Waals surface area contributed by atoms with Crippen LogP contribution in [-0.4, -0.2) is 15.0 Å². The smallest absolute Gasteiger partial charge is 0.267 e. The highest BCUT2D eigenvalue weighted by atomic mass is 16.1. The van der Waals surface area contributed by atoms with Crippen molar-refractivity contribution in [3.8, 4) is 6.07 Å². The van der Waals surface area contributed by atoms with Crippen molar-refractivity contribution >= 4 is 10.9 Å². The number of fused-ring (bicyclic) bond motifs is 1. The van der Waals surface area contributed by atoms with E-state index in [1.807, 2.05) is 36.4 Å². The molecule has 1 unspecified atom stereocenters. The van der Waals surface area contributed by atoms with Gasteiger partial charge in [-0.05, 0) is 17.7 Å². The van der Waals surface area contributed by atoms with E-state index < -0.39 is 5.92 Å². The van der Waals surface area contributed by atoms with E-state index in [0.717, 1.165) is 5.56 Å². The van der Waals surface area contributed by atoms with Gasteiger partial charge < -0.3 is 0 Å². The second-order valence-electron chi connectivity index (χ2n) is 4.69. The van der Waals surface area contributed by atoms with Crippen molar-refractivity contribution in [2.24, 2.45) is 0 Å². The second kappa shape index (κ2) is 5.55. The molecule has 0 aliphatic heterocycles. The van der Waals surface area contributed by atoms with Gasteiger partial charge in [0, 0.05) is 0 Å². The Kier molecular flexibility index (Phi) is 3.44. The molecule has 102 valence electrons. The lowest BCUT2D eigenvalue weighted by Crippen LogP contribution is -2.26. The molecule has 0 bridgehead atoms. The molecule has 0 N–H and O–H groups in total. The number of benzene rings is 2. The molecule has 5 nitrogen and oxygen atoms in total. The second-order valence-corrected chi connectivity index (χ2v) is 4.69. The lowest BCUT2D eigenvalue weighted by Gasteiger charge is -2.10. The van der Waals surface area contributed by atoms with Gasteiger partial charge in [0.15, 0.2) is 0 Å². The largest absolute Gasteiger partial charge is 0.277 e. The van der Waals surface area contributed by atoms with Gasteiger partial charge in [0.1, 0.15) is 5.52 Å². The minimum absolute atomic E-state index is 0.192. The minimum atomic E-state index is -0.431. The van der Waals surface area contributed by atoms with E-state index in [1.54, 1.807) is 18.2 Å². The van der Waals surface area contributed by atoms with Crippen LogP contribution in [0.2, 0.25) is 0 Å². The van der Waals surface area contributed by atoms with Crippen LogP contribution in [0.1, 0.15) is 11.5 Å². The summed E-state index contributed by atoms with van der Waals surface area (Å²) in [6, 6.07) is 18.6. The monoisotopic (exact) mass is 276 g/mol. The Bertz CT molecular complexity index is 865. The van der Waals surface area contributed by atoms with Gasteiger partial charge >= 0.3 is 0 Å². The first-order valence-electron chi connectivity index (χ1n) is 6.56. The number of aromatic nitrogens is 3. The molecule has 0 fully saturated rings. The maximum Gasteiger partial charge on any atom is 0.277 e. The molecule has 0 aliphatic carbocycles. The van der Waals surface area contributed by atoms with E-state index in [0.29, 0.717) is 10.9 Å². The number of hydrogen-bond acceptors (Lipinski definition) is 4. The summed E-state index contributed by atoms with van der Waals surface area (Å²) in [6.45, 7) is 0.192. The molecule has 0 radical (unpaired) electrons. The van der Waals surface area contributed by atoms with E-state index in [2.05, 4.69) is 16.4 Å². The van der Waals surface area contributed by atoms with Crippen LogP contribution >= 0.6 is 0 Å². The summed E-state index contributed by atoms with van der Waals surface area (Å²) in [5, 5.41) is 17.8. The fraction of sp³-hybridized carbons (Fsp3) is 0.125. The van der Waals surface area contributed by atoms with Gasteiger partial charge in [-0.1, -0.05) is 47.7 Å². The Morgan fingerprint density at radius 1 is 1.10 bits per heavy atom. The summed E-state index contributed by atoms with van der Waals surface area (Å²) in [7, 11) is 0. The molecule has 1 atom stereocenters. The number of nitriles is 1. The van der Waals surface area contributed by atoms with Crippen LogP contribution in [-0.2, 0) is 6.54 Å². The highest BCUT2D eigenvalue weighted by molar-refractivity contribution is 5.76. The molecule has 0 saturated heterocycles. The van der Waals surface area contributed by atoms with E-state index in [9.17, 15) is 10.1 Å². The molecule has 0 spiro atoms. The molecule has 3 rings (SSSR count). The fourth-order valence-corrected chi connectivity index (χ4v) is 2.22. The molecule has 0 saturated carbocycles. The molecule has 1 heterocycles. The Balaban J connectivity index is 2.00. The summed E-state index contributed by atoms with van der Waals surface area (Å²) in [4.78, 5) is 12.4. The molecule has 1 aromatic heterocycles. The number of rotatable bonds is 3. The van der Waals surface area contributed by atoms with Crippen molar-refractivity contribution in [1.82, 2.24) is 15.0 Å². The molecule has 5 heteroatoms. The topological polar surface area (TPSA) is 71.6 Å². The van der Waals surface area contributed by atoms with Gasteiger partial charge in [-0.25, -0.2) is 4.68 Å². The van der Waals surface area contributed by atoms with Gasteiger partial charge in [0.05, 0.1) is 23.9 Å². The van der Waals surface area contributed by atoms with Crippen LogP contribution in [0.5, 0.6) is 0 Å². The summed E-state index contributed by atoms with van der Waals surface area (Å²) >= 11 is 0. The highest BCUT2D eigenvalue weighted by Gasteiger charge is 2.14. The van der Waals surface area contributed by atoms with Crippen LogP contribution in [0, 0.1) is 11.3 Å². The highest BCUT2D eigenvalue weighted by Crippen LogP contribution is 2.16.